The Morgan fingerprint density at radius 2 is 2.32 bits per heavy atom. The second kappa shape index (κ2) is 6.53. The van der Waals surface area contributed by atoms with E-state index in [0.29, 0.717) is 19.6 Å². The lowest BCUT2D eigenvalue weighted by atomic mass is 9.76. The minimum atomic E-state index is -0.673. The molecule has 2 aromatic heterocycles. The van der Waals surface area contributed by atoms with E-state index in [-0.39, 0.29) is 17.9 Å². The van der Waals surface area contributed by atoms with E-state index >= 15 is 0 Å². The average molecular weight is 395 g/mol. The molecule has 0 saturated carbocycles. The lowest BCUT2D eigenvalue weighted by molar-refractivity contribution is -0.142. The normalized spacial score (nSPS) is 30.1. The molecule has 0 aromatic carbocycles. The number of pyridine rings is 1. The number of nitrogens with zero attached hydrogens (tertiary/aromatic N) is 3. The van der Waals surface area contributed by atoms with Gasteiger partial charge < -0.3 is 14.5 Å². The average Bonchev–Trinajstić information content (AvgIpc) is 3.45. The molecule has 7 heteroatoms. The molecule has 6 nitrogen and oxygen atoms in total. The summed E-state index contributed by atoms with van der Waals surface area (Å²) in [4.78, 5) is 34.1. The zero-order chi connectivity index (χ0) is 19.3. The van der Waals surface area contributed by atoms with Crippen LogP contribution in [0.1, 0.15) is 11.1 Å². The van der Waals surface area contributed by atoms with E-state index in [4.69, 9.17) is 4.74 Å². The molecule has 3 aliphatic rings. The highest BCUT2D eigenvalue weighted by molar-refractivity contribution is 7.07. The number of fused-ring (bicyclic) bond motifs is 1. The van der Waals surface area contributed by atoms with Gasteiger partial charge in [0.1, 0.15) is 5.60 Å². The number of hydrogen-bond donors (Lipinski definition) is 0. The Morgan fingerprint density at radius 1 is 1.43 bits per heavy atom. The minimum Gasteiger partial charge on any atom is -0.360 e. The molecule has 2 aromatic rings. The molecule has 144 valence electrons. The van der Waals surface area contributed by atoms with Crippen LogP contribution in [-0.4, -0.2) is 51.9 Å². The Bertz CT molecular complexity index is 930. The van der Waals surface area contributed by atoms with Crippen LogP contribution in [0, 0.1) is 11.8 Å². The molecule has 2 amide bonds. The summed E-state index contributed by atoms with van der Waals surface area (Å²) in [7, 11) is 1.80. The molecular formula is C21H21N3O3S. The molecule has 4 atom stereocenters. The second-order valence-corrected chi connectivity index (χ2v) is 8.56. The first-order chi connectivity index (χ1) is 13.6. The molecule has 0 N–H and O–H groups in total. The standard InChI is InChI=1S/C21H21N3O3S/c1-23(10-15-5-8-28-12-15)19(25)17-16-4-6-21(27-16)13-24(20(26)18(17)21)11-14-3-2-7-22-9-14/h2-9,12,16-18H,10-11,13H2,1H3/t16-,17?,18?,21-/m1/s1. The molecule has 0 aliphatic carbocycles. The van der Waals surface area contributed by atoms with Gasteiger partial charge in [-0.15, -0.1) is 0 Å². The van der Waals surface area contributed by atoms with Crippen LogP contribution >= 0.6 is 11.3 Å². The van der Waals surface area contributed by atoms with Gasteiger partial charge in [-0.05, 0) is 34.0 Å². The van der Waals surface area contributed by atoms with E-state index in [1.54, 1.807) is 40.6 Å². The fourth-order valence-electron chi connectivity index (χ4n) is 4.69. The Kier molecular flexibility index (Phi) is 4.10. The van der Waals surface area contributed by atoms with Gasteiger partial charge >= 0.3 is 0 Å². The van der Waals surface area contributed by atoms with E-state index < -0.39 is 17.4 Å². The summed E-state index contributed by atoms with van der Waals surface area (Å²) in [5.74, 6) is -0.932. The lowest BCUT2D eigenvalue weighted by Gasteiger charge is -2.27. The van der Waals surface area contributed by atoms with Gasteiger partial charge in [-0.3, -0.25) is 14.6 Å². The second-order valence-electron chi connectivity index (χ2n) is 7.78. The summed E-state index contributed by atoms with van der Waals surface area (Å²) in [6, 6.07) is 5.84. The Labute approximate surface area is 167 Å². The van der Waals surface area contributed by atoms with Crippen LogP contribution in [-0.2, 0) is 27.4 Å². The van der Waals surface area contributed by atoms with Crippen LogP contribution in [0.5, 0.6) is 0 Å². The third-order valence-electron chi connectivity index (χ3n) is 5.94. The molecular weight excluding hydrogens is 374 g/mol. The van der Waals surface area contributed by atoms with Crippen LogP contribution in [0.4, 0.5) is 0 Å². The summed E-state index contributed by atoms with van der Waals surface area (Å²) in [6.45, 7) is 1.51. The molecule has 28 heavy (non-hydrogen) atoms. The first-order valence-electron chi connectivity index (χ1n) is 9.38. The zero-order valence-electron chi connectivity index (χ0n) is 15.5. The summed E-state index contributed by atoms with van der Waals surface area (Å²) in [5.41, 5.74) is 1.40. The van der Waals surface area contributed by atoms with Crippen molar-refractivity contribution < 1.29 is 14.3 Å². The van der Waals surface area contributed by atoms with Gasteiger partial charge in [0.15, 0.2) is 0 Å². The first-order valence-corrected chi connectivity index (χ1v) is 10.3. The number of thiophene rings is 1. The van der Waals surface area contributed by atoms with E-state index in [1.807, 2.05) is 41.1 Å². The fourth-order valence-corrected chi connectivity index (χ4v) is 5.35. The highest BCUT2D eigenvalue weighted by atomic mass is 32.1. The number of amides is 2. The quantitative estimate of drug-likeness (QED) is 0.728. The van der Waals surface area contributed by atoms with Crippen molar-refractivity contribution in [2.45, 2.75) is 24.8 Å². The molecule has 5 heterocycles. The van der Waals surface area contributed by atoms with E-state index in [1.165, 1.54) is 0 Å². The van der Waals surface area contributed by atoms with Crippen LogP contribution < -0.4 is 0 Å². The van der Waals surface area contributed by atoms with Gasteiger partial charge in [0.25, 0.3) is 0 Å². The smallest absolute Gasteiger partial charge is 0.230 e. The molecule has 1 spiro atoms. The van der Waals surface area contributed by atoms with Crippen molar-refractivity contribution in [3.05, 3.63) is 64.6 Å². The molecule has 2 fully saturated rings. The molecule has 2 unspecified atom stereocenters. The van der Waals surface area contributed by atoms with Gasteiger partial charge in [-0.25, -0.2) is 0 Å². The van der Waals surface area contributed by atoms with Crippen molar-refractivity contribution in [3.63, 3.8) is 0 Å². The summed E-state index contributed by atoms with van der Waals surface area (Å²) < 4.78 is 6.21. The Morgan fingerprint density at radius 3 is 3.07 bits per heavy atom. The van der Waals surface area contributed by atoms with Crippen molar-refractivity contribution in [2.75, 3.05) is 13.6 Å². The molecule has 0 radical (unpaired) electrons. The predicted molar refractivity (Wildman–Crippen MR) is 104 cm³/mol. The van der Waals surface area contributed by atoms with Crippen LogP contribution in [0.15, 0.2) is 53.5 Å². The maximum atomic E-state index is 13.3. The van der Waals surface area contributed by atoms with Crippen molar-refractivity contribution in [1.82, 2.24) is 14.8 Å². The SMILES string of the molecule is CN(Cc1ccsc1)C(=O)C1C2C(=O)N(Cc3cccnc3)C[C@]23C=C[C@H]1O3. The van der Waals surface area contributed by atoms with Gasteiger partial charge in [-0.1, -0.05) is 18.2 Å². The van der Waals surface area contributed by atoms with Crippen molar-refractivity contribution >= 4 is 23.2 Å². The number of aromatic nitrogens is 1. The van der Waals surface area contributed by atoms with Crippen LogP contribution in [0.25, 0.3) is 0 Å². The topological polar surface area (TPSA) is 62.7 Å². The van der Waals surface area contributed by atoms with Gasteiger partial charge in [0.05, 0.1) is 24.5 Å². The number of likely N-dealkylation sites (tertiary alicyclic amines) is 1. The molecule has 3 aliphatic heterocycles. The fraction of sp³-hybridized carbons (Fsp3) is 0.381. The maximum absolute atomic E-state index is 13.3. The summed E-state index contributed by atoms with van der Waals surface area (Å²) >= 11 is 1.61. The summed E-state index contributed by atoms with van der Waals surface area (Å²) in [5, 5.41) is 4.04. The lowest BCUT2D eigenvalue weighted by Crippen LogP contribution is -2.44. The number of hydrogen-bond acceptors (Lipinski definition) is 5. The minimum absolute atomic E-state index is 0.00186. The Hall–Kier alpha value is -2.51. The molecule has 5 rings (SSSR count). The van der Waals surface area contributed by atoms with Gasteiger partial charge in [0, 0.05) is 32.5 Å². The van der Waals surface area contributed by atoms with Crippen molar-refractivity contribution in [2.24, 2.45) is 11.8 Å². The number of carbonyl (C=O) groups excluding carboxylic acids is 2. The van der Waals surface area contributed by atoms with E-state index in [0.717, 1.165) is 11.1 Å². The summed E-state index contributed by atoms with van der Waals surface area (Å²) in [6.07, 6.45) is 7.12. The third-order valence-corrected chi connectivity index (χ3v) is 6.67. The van der Waals surface area contributed by atoms with Crippen LogP contribution in [0.3, 0.4) is 0 Å². The third kappa shape index (κ3) is 2.69. The molecule has 2 bridgehead atoms. The maximum Gasteiger partial charge on any atom is 0.230 e. The number of carbonyl (C=O) groups is 2. The van der Waals surface area contributed by atoms with E-state index in [2.05, 4.69) is 4.98 Å². The highest BCUT2D eigenvalue weighted by Gasteiger charge is 2.67. The van der Waals surface area contributed by atoms with E-state index in [9.17, 15) is 9.59 Å². The monoisotopic (exact) mass is 395 g/mol. The number of ether oxygens (including phenoxy) is 1. The first kappa shape index (κ1) is 17.6. The van der Waals surface area contributed by atoms with Gasteiger partial charge in [-0.2, -0.15) is 11.3 Å². The predicted octanol–water partition coefficient (Wildman–Crippen LogP) is 2.08. The van der Waals surface area contributed by atoms with Gasteiger partial charge in [0.2, 0.25) is 11.8 Å². The largest absolute Gasteiger partial charge is 0.360 e. The van der Waals surface area contributed by atoms with Crippen molar-refractivity contribution in [3.8, 4) is 0 Å². The van der Waals surface area contributed by atoms with Crippen molar-refractivity contribution in [1.29, 1.82) is 0 Å². The molecule has 2 saturated heterocycles. The number of rotatable bonds is 5. The van der Waals surface area contributed by atoms with Crippen LogP contribution in [0.2, 0.25) is 0 Å². The highest BCUT2D eigenvalue weighted by Crippen LogP contribution is 2.52. The Balaban J connectivity index is 1.37. The zero-order valence-corrected chi connectivity index (χ0v) is 16.3.